The summed E-state index contributed by atoms with van der Waals surface area (Å²) in [5.74, 6) is 0.918. The monoisotopic (exact) mass is 250 g/mol. The molecule has 0 saturated heterocycles. The summed E-state index contributed by atoms with van der Waals surface area (Å²) in [7, 11) is 1.66. The molecule has 1 amide bonds. The molecule has 4 nitrogen and oxygen atoms in total. The number of nitrogens with one attached hydrogen (secondary N) is 1. The number of rotatable bonds is 6. The van der Waals surface area contributed by atoms with Gasteiger partial charge in [0.05, 0.1) is 7.11 Å². The molecule has 18 heavy (non-hydrogen) atoms. The van der Waals surface area contributed by atoms with Gasteiger partial charge in [-0.05, 0) is 37.5 Å². The Morgan fingerprint density at radius 1 is 1.50 bits per heavy atom. The third-order valence-electron chi connectivity index (χ3n) is 2.86. The predicted octanol–water partition coefficient (Wildman–Crippen LogP) is 1.40. The molecule has 1 unspecified atom stereocenters. The SMILES string of the molecule is COc1ccc(CCC(=O)NC(C)CN)cc1C. The highest BCUT2D eigenvalue weighted by atomic mass is 16.5. The Labute approximate surface area is 109 Å². The van der Waals surface area contributed by atoms with E-state index in [1.807, 2.05) is 26.0 Å². The fourth-order valence-electron chi connectivity index (χ4n) is 1.76. The van der Waals surface area contributed by atoms with E-state index >= 15 is 0 Å². The molecule has 1 aromatic carbocycles. The average Bonchev–Trinajstić information content (AvgIpc) is 2.36. The Kier molecular flexibility index (Phi) is 5.65. The lowest BCUT2D eigenvalue weighted by Crippen LogP contribution is -2.37. The summed E-state index contributed by atoms with van der Waals surface area (Å²) < 4.78 is 5.20. The van der Waals surface area contributed by atoms with Gasteiger partial charge < -0.3 is 15.8 Å². The molecule has 1 aromatic rings. The lowest BCUT2D eigenvalue weighted by molar-refractivity contribution is -0.121. The largest absolute Gasteiger partial charge is 0.496 e. The summed E-state index contributed by atoms with van der Waals surface area (Å²) in [6.45, 7) is 4.36. The van der Waals surface area contributed by atoms with Gasteiger partial charge in [-0.25, -0.2) is 0 Å². The van der Waals surface area contributed by atoms with Crippen molar-refractivity contribution in [3.8, 4) is 5.75 Å². The Hall–Kier alpha value is -1.55. The number of nitrogens with two attached hydrogens (primary N) is 1. The maximum absolute atomic E-state index is 11.6. The summed E-state index contributed by atoms with van der Waals surface area (Å²) in [4.78, 5) is 11.6. The van der Waals surface area contributed by atoms with Crippen LogP contribution in [0.4, 0.5) is 0 Å². The van der Waals surface area contributed by atoms with E-state index in [1.165, 1.54) is 0 Å². The standard InChI is InChI=1S/C14H22N2O2/c1-10-8-12(4-6-13(10)18-3)5-7-14(17)16-11(2)9-15/h4,6,8,11H,5,7,9,15H2,1-3H3,(H,16,17). The number of amides is 1. The molecule has 100 valence electrons. The summed E-state index contributed by atoms with van der Waals surface area (Å²) >= 11 is 0. The smallest absolute Gasteiger partial charge is 0.220 e. The van der Waals surface area contributed by atoms with Crippen LogP contribution in [0.3, 0.4) is 0 Å². The van der Waals surface area contributed by atoms with Crippen molar-refractivity contribution in [3.05, 3.63) is 29.3 Å². The molecular formula is C14H22N2O2. The molecule has 0 heterocycles. The van der Waals surface area contributed by atoms with Gasteiger partial charge in [0, 0.05) is 19.0 Å². The lowest BCUT2D eigenvalue weighted by Gasteiger charge is -2.11. The van der Waals surface area contributed by atoms with Crippen molar-refractivity contribution >= 4 is 5.91 Å². The zero-order valence-corrected chi connectivity index (χ0v) is 11.3. The van der Waals surface area contributed by atoms with E-state index in [4.69, 9.17) is 10.5 Å². The topological polar surface area (TPSA) is 64.3 Å². The maximum Gasteiger partial charge on any atom is 0.220 e. The number of methoxy groups -OCH3 is 1. The lowest BCUT2D eigenvalue weighted by atomic mass is 10.1. The summed E-state index contributed by atoms with van der Waals surface area (Å²) in [5.41, 5.74) is 7.68. The highest BCUT2D eigenvalue weighted by Crippen LogP contribution is 2.19. The zero-order chi connectivity index (χ0) is 13.5. The minimum atomic E-state index is 0.0371. The van der Waals surface area contributed by atoms with Crippen molar-refractivity contribution in [3.63, 3.8) is 0 Å². The first-order valence-corrected chi connectivity index (χ1v) is 6.19. The van der Waals surface area contributed by atoms with Crippen LogP contribution in [0.15, 0.2) is 18.2 Å². The van der Waals surface area contributed by atoms with Crippen molar-refractivity contribution in [2.24, 2.45) is 5.73 Å². The van der Waals surface area contributed by atoms with Crippen LogP contribution in [0.5, 0.6) is 5.75 Å². The third-order valence-corrected chi connectivity index (χ3v) is 2.86. The van der Waals surface area contributed by atoms with E-state index in [1.54, 1.807) is 7.11 Å². The third kappa shape index (κ3) is 4.37. The number of ether oxygens (including phenoxy) is 1. The summed E-state index contributed by atoms with van der Waals surface area (Å²) in [6, 6.07) is 6.02. The molecule has 0 aliphatic rings. The van der Waals surface area contributed by atoms with Gasteiger partial charge in [0.25, 0.3) is 0 Å². The second kappa shape index (κ2) is 7.01. The Morgan fingerprint density at radius 2 is 2.22 bits per heavy atom. The number of carbonyl (C=O) groups excluding carboxylic acids is 1. The minimum Gasteiger partial charge on any atom is -0.496 e. The van der Waals surface area contributed by atoms with Crippen LogP contribution >= 0.6 is 0 Å². The van der Waals surface area contributed by atoms with Crippen molar-refractivity contribution in [1.29, 1.82) is 0 Å². The highest BCUT2D eigenvalue weighted by molar-refractivity contribution is 5.76. The Morgan fingerprint density at radius 3 is 2.78 bits per heavy atom. The van der Waals surface area contributed by atoms with Gasteiger partial charge in [0.2, 0.25) is 5.91 Å². The fourth-order valence-corrected chi connectivity index (χ4v) is 1.76. The van der Waals surface area contributed by atoms with E-state index in [2.05, 4.69) is 11.4 Å². The molecule has 4 heteroatoms. The Bertz CT molecular complexity index is 405. The fraction of sp³-hybridized carbons (Fsp3) is 0.500. The molecule has 1 rings (SSSR count). The maximum atomic E-state index is 11.6. The van der Waals surface area contributed by atoms with Gasteiger partial charge in [-0.3, -0.25) is 4.79 Å². The molecular weight excluding hydrogens is 228 g/mol. The average molecular weight is 250 g/mol. The normalized spacial score (nSPS) is 12.0. The van der Waals surface area contributed by atoms with E-state index in [9.17, 15) is 4.79 Å². The van der Waals surface area contributed by atoms with Gasteiger partial charge in [-0.15, -0.1) is 0 Å². The van der Waals surface area contributed by atoms with E-state index < -0.39 is 0 Å². The van der Waals surface area contributed by atoms with Gasteiger partial charge in [-0.1, -0.05) is 12.1 Å². The van der Waals surface area contributed by atoms with Crippen molar-refractivity contribution in [2.75, 3.05) is 13.7 Å². The van der Waals surface area contributed by atoms with E-state index in [-0.39, 0.29) is 11.9 Å². The predicted molar refractivity (Wildman–Crippen MR) is 72.7 cm³/mol. The molecule has 0 bridgehead atoms. The zero-order valence-electron chi connectivity index (χ0n) is 11.3. The number of hydrogen-bond acceptors (Lipinski definition) is 3. The number of carbonyl (C=O) groups is 1. The van der Waals surface area contributed by atoms with Gasteiger partial charge >= 0.3 is 0 Å². The van der Waals surface area contributed by atoms with Crippen molar-refractivity contribution in [1.82, 2.24) is 5.32 Å². The van der Waals surface area contributed by atoms with E-state index in [0.717, 1.165) is 23.3 Å². The molecule has 0 fully saturated rings. The van der Waals surface area contributed by atoms with Crippen LogP contribution in [0.1, 0.15) is 24.5 Å². The van der Waals surface area contributed by atoms with Crippen LogP contribution < -0.4 is 15.8 Å². The summed E-state index contributed by atoms with van der Waals surface area (Å²) in [5, 5.41) is 2.85. The minimum absolute atomic E-state index is 0.0371. The quantitative estimate of drug-likeness (QED) is 0.802. The molecule has 0 aliphatic carbocycles. The van der Waals surface area contributed by atoms with Crippen molar-refractivity contribution in [2.45, 2.75) is 32.7 Å². The van der Waals surface area contributed by atoms with Crippen LogP contribution in [-0.2, 0) is 11.2 Å². The van der Waals surface area contributed by atoms with Gasteiger partial charge in [-0.2, -0.15) is 0 Å². The number of hydrogen-bond donors (Lipinski definition) is 2. The molecule has 0 aromatic heterocycles. The second-order valence-corrected chi connectivity index (χ2v) is 4.51. The molecule has 3 N–H and O–H groups in total. The summed E-state index contributed by atoms with van der Waals surface area (Å²) in [6.07, 6.45) is 1.21. The second-order valence-electron chi connectivity index (χ2n) is 4.51. The van der Waals surface area contributed by atoms with Crippen LogP contribution in [0.2, 0.25) is 0 Å². The van der Waals surface area contributed by atoms with Crippen LogP contribution in [0, 0.1) is 6.92 Å². The first kappa shape index (κ1) is 14.5. The number of aryl methyl sites for hydroxylation is 2. The molecule has 0 aliphatic heterocycles. The molecule has 0 spiro atoms. The molecule has 0 radical (unpaired) electrons. The van der Waals surface area contributed by atoms with Crippen LogP contribution in [-0.4, -0.2) is 25.6 Å². The molecule has 1 atom stereocenters. The first-order valence-electron chi connectivity index (χ1n) is 6.19. The van der Waals surface area contributed by atoms with Crippen molar-refractivity contribution < 1.29 is 9.53 Å². The first-order chi connectivity index (χ1) is 8.56. The van der Waals surface area contributed by atoms with Gasteiger partial charge in [0.1, 0.15) is 5.75 Å². The Balaban J connectivity index is 2.48. The number of benzene rings is 1. The highest BCUT2D eigenvalue weighted by Gasteiger charge is 2.06. The van der Waals surface area contributed by atoms with E-state index in [0.29, 0.717) is 13.0 Å². The van der Waals surface area contributed by atoms with Crippen LogP contribution in [0.25, 0.3) is 0 Å². The molecule has 0 saturated carbocycles. The van der Waals surface area contributed by atoms with Gasteiger partial charge in [0.15, 0.2) is 0 Å².